The summed E-state index contributed by atoms with van der Waals surface area (Å²) in [7, 11) is 0. The zero-order valence-electron chi connectivity index (χ0n) is 8.23. The van der Waals surface area contributed by atoms with Gasteiger partial charge in [0, 0.05) is 23.4 Å². The number of aromatic amines is 1. The molecule has 1 heterocycles. The van der Waals surface area contributed by atoms with Crippen LogP contribution >= 0.6 is 15.9 Å². The van der Waals surface area contributed by atoms with E-state index in [2.05, 4.69) is 26.2 Å². The van der Waals surface area contributed by atoms with Crippen molar-refractivity contribution in [2.75, 3.05) is 5.32 Å². The molecule has 0 radical (unpaired) electrons. The van der Waals surface area contributed by atoms with Crippen LogP contribution in [0, 0.1) is 11.6 Å². The van der Waals surface area contributed by atoms with Gasteiger partial charge in [0.25, 0.3) is 0 Å². The molecule has 2 nitrogen and oxygen atoms in total. The van der Waals surface area contributed by atoms with E-state index in [9.17, 15) is 8.78 Å². The Hall–Kier alpha value is -1.36. The number of benzene rings is 1. The van der Waals surface area contributed by atoms with Gasteiger partial charge in [0.15, 0.2) is 0 Å². The minimum atomic E-state index is -0.609. The van der Waals surface area contributed by atoms with Gasteiger partial charge in [-0.2, -0.15) is 0 Å². The highest BCUT2D eigenvalue weighted by molar-refractivity contribution is 9.10. The summed E-state index contributed by atoms with van der Waals surface area (Å²) in [5.74, 6) is -1.22. The zero-order chi connectivity index (χ0) is 11.5. The highest BCUT2D eigenvalue weighted by Crippen LogP contribution is 2.24. The molecule has 0 unspecified atom stereocenters. The maximum atomic E-state index is 13.4. The molecule has 0 aliphatic rings. The monoisotopic (exact) mass is 286 g/mol. The number of rotatable bonds is 3. The van der Waals surface area contributed by atoms with E-state index in [0.29, 0.717) is 11.0 Å². The van der Waals surface area contributed by atoms with Crippen molar-refractivity contribution in [3.05, 3.63) is 52.3 Å². The smallest absolute Gasteiger partial charge is 0.150 e. The number of hydrogen-bond acceptors (Lipinski definition) is 1. The Morgan fingerprint density at radius 1 is 1.25 bits per heavy atom. The lowest BCUT2D eigenvalue weighted by atomic mass is 10.2. The van der Waals surface area contributed by atoms with Crippen molar-refractivity contribution >= 4 is 21.6 Å². The van der Waals surface area contributed by atoms with Crippen LogP contribution in [0.1, 0.15) is 5.56 Å². The maximum Gasteiger partial charge on any atom is 0.150 e. The van der Waals surface area contributed by atoms with E-state index in [0.717, 1.165) is 5.56 Å². The van der Waals surface area contributed by atoms with Crippen LogP contribution in [0.15, 0.2) is 35.1 Å². The minimum Gasteiger partial charge on any atom is -0.376 e. The van der Waals surface area contributed by atoms with Crippen LogP contribution < -0.4 is 5.32 Å². The number of anilines is 1. The lowest BCUT2D eigenvalue weighted by Crippen LogP contribution is -2.03. The van der Waals surface area contributed by atoms with Crippen molar-refractivity contribution in [3.8, 4) is 0 Å². The lowest BCUT2D eigenvalue weighted by molar-refractivity contribution is 0.586. The van der Waals surface area contributed by atoms with Crippen LogP contribution in [0.3, 0.4) is 0 Å². The van der Waals surface area contributed by atoms with Crippen LogP contribution in [-0.2, 0) is 6.54 Å². The first kappa shape index (κ1) is 11.1. The van der Waals surface area contributed by atoms with E-state index < -0.39 is 11.6 Å². The van der Waals surface area contributed by atoms with Crippen molar-refractivity contribution in [2.24, 2.45) is 0 Å². The quantitative estimate of drug-likeness (QED) is 0.885. The third-order valence-corrected chi connectivity index (χ3v) is 2.60. The normalized spacial score (nSPS) is 10.4. The lowest BCUT2D eigenvalue weighted by Gasteiger charge is -2.08. The first-order valence-corrected chi connectivity index (χ1v) is 5.46. The largest absolute Gasteiger partial charge is 0.376 e. The minimum absolute atomic E-state index is 0.107. The highest BCUT2D eigenvalue weighted by atomic mass is 79.9. The van der Waals surface area contributed by atoms with Crippen LogP contribution in [0.5, 0.6) is 0 Å². The van der Waals surface area contributed by atoms with E-state index in [-0.39, 0.29) is 5.69 Å². The topological polar surface area (TPSA) is 27.8 Å². The molecule has 0 amide bonds. The Morgan fingerprint density at radius 2 is 1.94 bits per heavy atom. The standard InChI is InChI=1S/C11H9BrF2N2/c12-8-3-9(13)11(10(14)4-8)16-6-7-1-2-15-5-7/h1-5,15-16H,6H2. The Morgan fingerprint density at radius 3 is 2.50 bits per heavy atom. The fourth-order valence-corrected chi connectivity index (χ4v) is 1.77. The van der Waals surface area contributed by atoms with Crippen LogP contribution in [0.4, 0.5) is 14.5 Å². The molecule has 0 spiro atoms. The fraction of sp³-hybridized carbons (Fsp3) is 0.0909. The van der Waals surface area contributed by atoms with Gasteiger partial charge in [0.1, 0.15) is 17.3 Å². The fourth-order valence-electron chi connectivity index (χ4n) is 1.37. The SMILES string of the molecule is Fc1cc(Br)cc(F)c1NCc1cc[nH]c1. The first-order valence-electron chi connectivity index (χ1n) is 4.67. The average molecular weight is 287 g/mol. The molecule has 0 bridgehead atoms. The van der Waals surface area contributed by atoms with E-state index >= 15 is 0 Å². The van der Waals surface area contributed by atoms with Crippen LogP contribution in [0.25, 0.3) is 0 Å². The van der Waals surface area contributed by atoms with Gasteiger partial charge in [-0.3, -0.25) is 0 Å². The van der Waals surface area contributed by atoms with Gasteiger partial charge in [-0.05, 0) is 23.8 Å². The molecule has 0 aliphatic heterocycles. The summed E-state index contributed by atoms with van der Waals surface area (Å²) in [6.45, 7) is 0.374. The van der Waals surface area contributed by atoms with Gasteiger partial charge < -0.3 is 10.3 Å². The second-order valence-electron chi connectivity index (χ2n) is 3.32. The molecule has 1 aromatic carbocycles. The predicted octanol–water partition coefficient (Wildman–Crippen LogP) is 3.67. The van der Waals surface area contributed by atoms with Crippen LogP contribution in [-0.4, -0.2) is 4.98 Å². The molecule has 84 valence electrons. The van der Waals surface area contributed by atoms with Gasteiger partial charge in [0.05, 0.1) is 0 Å². The van der Waals surface area contributed by atoms with Gasteiger partial charge in [-0.15, -0.1) is 0 Å². The molecule has 2 aromatic rings. The van der Waals surface area contributed by atoms with Crippen molar-refractivity contribution in [1.82, 2.24) is 4.98 Å². The van der Waals surface area contributed by atoms with Crippen LogP contribution in [0.2, 0.25) is 0 Å². The summed E-state index contributed by atoms with van der Waals surface area (Å²) < 4.78 is 27.2. The summed E-state index contributed by atoms with van der Waals surface area (Å²) in [6, 6.07) is 4.28. The third-order valence-electron chi connectivity index (χ3n) is 2.14. The van der Waals surface area contributed by atoms with E-state index in [1.54, 1.807) is 12.4 Å². The van der Waals surface area contributed by atoms with Crippen molar-refractivity contribution in [3.63, 3.8) is 0 Å². The number of aromatic nitrogens is 1. The second-order valence-corrected chi connectivity index (χ2v) is 4.23. The van der Waals surface area contributed by atoms with Gasteiger partial charge in [-0.1, -0.05) is 15.9 Å². The molecule has 5 heteroatoms. The Balaban J connectivity index is 2.15. The second kappa shape index (κ2) is 4.65. The average Bonchev–Trinajstić information content (AvgIpc) is 2.68. The summed E-state index contributed by atoms with van der Waals surface area (Å²) >= 11 is 3.02. The maximum absolute atomic E-state index is 13.4. The van der Waals surface area contributed by atoms with E-state index in [1.165, 1.54) is 12.1 Å². The van der Waals surface area contributed by atoms with Gasteiger partial charge in [0.2, 0.25) is 0 Å². The summed E-state index contributed by atoms with van der Waals surface area (Å²) in [5, 5.41) is 2.72. The summed E-state index contributed by atoms with van der Waals surface area (Å²) in [6.07, 6.45) is 3.52. The first-order chi connectivity index (χ1) is 7.66. The molecule has 0 fully saturated rings. The van der Waals surface area contributed by atoms with E-state index in [1.807, 2.05) is 6.07 Å². The summed E-state index contributed by atoms with van der Waals surface area (Å²) in [4.78, 5) is 2.87. The molecule has 1 aromatic heterocycles. The van der Waals surface area contributed by atoms with E-state index in [4.69, 9.17) is 0 Å². The highest BCUT2D eigenvalue weighted by Gasteiger charge is 2.09. The summed E-state index contributed by atoms with van der Waals surface area (Å²) in [5.41, 5.74) is 0.825. The molecule has 2 N–H and O–H groups in total. The molecule has 0 saturated heterocycles. The van der Waals surface area contributed by atoms with Crippen molar-refractivity contribution < 1.29 is 8.78 Å². The third kappa shape index (κ3) is 2.41. The molecule has 16 heavy (non-hydrogen) atoms. The molecule has 0 saturated carbocycles. The number of hydrogen-bond donors (Lipinski definition) is 2. The van der Waals surface area contributed by atoms with Gasteiger partial charge >= 0.3 is 0 Å². The Labute approximate surface area is 99.8 Å². The molecule has 0 atom stereocenters. The van der Waals surface area contributed by atoms with Crippen molar-refractivity contribution in [2.45, 2.75) is 6.54 Å². The molecular weight excluding hydrogens is 278 g/mol. The van der Waals surface area contributed by atoms with Gasteiger partial charge in [-0.25, -0.2) is 8.78 Å². The Kier molecular flexibility index (Phi) is 3.24. The zero-order valence-corrected chi connectivity index (χ0v) is 9.81. The number of H-pyrrole nitrogens is 1. The molecule has 2 rings (SSSR count). The van der Waals surface area contributed by atoms with Crippen molar-refractivity contribution in [1.29, 1.82) is 0 Å². The Bertz CT molecular complexity index is 460. The predicted molar refractivity (Wildman–Crippen MR) is 62.2 cm³/mol. The molecular formula is C11H9BrF2N2. The number of nitrogens with one attached hydrogen (secondary N) is 2. The molecule has 0 aliphatic carbocycles. The number of halogens is 3.